The number of hydrogen-bond donors (Lipinski definition) is 1. The minimum absolute atomic E-state index is 0.608. The predicted octanol–water partition coefficient (Wildman–Crippen LogP) is 2.50. The van der Waals surface area contributed by atoms with Crippen molar-refractivity contribution in [1.82, 2.24) is 9.97 Å². The maximum atomic E-state index is 5.35. The molecule has 2 aromatic rings. The van der Waals surface area contributed by atoms with Gasteiger partial charge in [0.05, 0.1) is 12.8 Å². The topological polar surface area (TPSA) is 47.0 Å². The summed E-state index contributed by atoms with van der Waals surface area (Å²) in [7, 11) is 3.46. The van der Waals surface area contributed by atoms with Gasteiger partial charge in [0, 0.05) is 18.8 Å². The summed E-state index contributed by atoms with van der Waals surface area (Å²) in [5.74, 6) is 1.42. The molecule has 1 aromatic carbocycles. The Bertz CT molecular complexity index is 526. The molecule has 0 radical (unpaired) electrons. The number of ether oxygens (including phenoxy) is 1. The van der Waals surface area contributed by atoms with Crippen LogP contribution in [0.1, 0.15) is 5.56 Å². The second-order valence-corrected chi connectivity index (χ2v) is 3.68. The number of anilines is 1. The van der Waals surface area contributed by atoms with Crippen LogP contribution in [0.4, 0.5) is 5.95 Å². The fourth-order valence-corrected chi connectivity index (χ4v) is 1.68. The molecule has 0 unspecified atom stereocenters. The van der Waals surface area contributed by atoms with Gasteiger partial charge < -0.3 is 10.1 Å². The SMILES string of the molecule is CNc1ncc(C)c(-c2ccccc2OC)n1. The minimum Gasteiger partial charge on any atom is -0.496 e. The van der Waals surface area contributed by atoms with Gasteiger partial charge in [0.1, 0.15) is 5.75 Å². The molecule has 0 aliphatic rings. The summed E-state index contributed by atoms with van der Waals surface area (Å²) in [6, 6.07) is 7.83. The molecule has 2 rings (SSSR count). The molecule has 4 nitrogen and oxygen atoms in total. The molecular formula is C13H15N3O. The molecule has 0 spiro atoms. The van der Waals surface area contributed by atoms with Crippen molar-refractivity contribution >= 4 is 5.95 Å². The highest BCUT2D eigenvalue weighted by atomic mass is 16.5. The van der Waals surface area contributed by atoms with E-state index in [1.807, 2.05) is 31.2 Å². The normalized spacial score (nSPS) is 10.1. The molecule has 0 fully saturated rings. The van der Waals surface area contributed by atoms with E-state index < -0.39 is 0 Å². The zero-order valence-corrected chi connectivity index (χ0v) is 10.2. The van der Waals surface area contributed by atoms with E-state index in [1.54, 1.807) is 20.4 Å². The summed E-state index contributed by atoms with van der Waals surface area (Å²) in [4.78, 5) is 8.64. The maximum absolute atomic E-state index is 5.35. The molecule has 17 heavy (non-hydrogen) atoms. The second-order valence-electron chi connectivity index (χ2n) is 3.68. The standard InChI is InChI=1S/C13H15N3O/c1-9-8-15-13(14-2)16-12(9)10-6-4-5-7-11(10)17-3/h4-8H,1-3H3,(H,14,15,16). The third-order valence-corrected chi connectivity index (χ3v) is 2.56. The summed E-state index contributed by atoms with van der Waals surface area (Å²) in [6.07, 6.45) is 1.81. The average molecular weight is 229 g/mol. The molecule has 0 atom stereocenters. The van der Waals surface area contributed by atoms with Gasteiger partial charge in [-0.25, -0.2) is 9.97 Å². The van der Waals surface area contributed by atoms with Crippen LogP contribution < -0.4 is 10.1 Å². The first-order valence-electron chi connectivity index (χ1n) is 5.41. The van der Waals surface area contributed by atoms with E-state index in [9.17, 15) is 0 Å². The number of para-hydroxylation sites is 1. The fourth-order valence-electron chi connectivity index (χ4n) is 1.68. The van der Waals surface area contributed by atoms with Crippen LogP contribution in [-0.2, 0) is 0 Å². The van der Waals surface area contributed by atoms with Crippen LogP contribution in [0.15, 0.2) is 30.5 Å². The van der Waals surface area contributed by atoms with Crippen LogP contribution in [0.2, 0.25) is 0 Å². The van der Waals surface area contributed by atoms with Crippen molar-refractivity contribution in [2.45, 2.75) is 6.92 Å². The molecule has 1 heterocycles. The number of aromatic nitrogens is 2. The van der Waals surface area contributed by atoms with Crippen LogP contribution in [0, 0.1) is 6.92 Å². The van der Waals surface area contributed by atoms with Gasteiger partial charge in [0.25, 0.3) is 0 Å². The Morgan fingerprint density at radius 1 is 1.24 bits per heavy atom. The summed E-state index contributed by atoms with van der Waals surface area (Å²) in [6.45, 7) is 1.99. The predicted molar refractivity (Wildman–Crippen MR) is 68.3 cm³/mol. The Morgan fingerprint density at radius 2 is 2.00 bits per heavy atom. The summed E-state index contributed by atoms with van der Waals surface area (Å²) >= 11 is 0. The van der Waals surface area contributed by atoms with Crippen molar-refractivity contribution in [2.24, 2.45) is 0 Å². The van der Waals surface area contributed by atoms with E-state index >= 15 is 0 Å². The molecule has 4 heteroatoms. The molecule has 0 aliphatic carbocycles. The second kappa shape index (κ2) is 4.82. The number of benzene rings is 1. The van der Waals surface area contributed by atoms with Gasteiger partial charge in [0.2, 0.25) is 5.95 Å². The van der Waals surface area contributed by atoms with Gasteiger partial charge >= 0.3 is 0 Å². The Hall–Kier alpha value is -2.10. The molecule has 0 amide bonds. The van der Waals surface area contributed by atoms with Crippen molar-refractivity contribution < 1.29 is 4.74 Å². The van der Waals surface area contributed by atoms with E-state index in [0.29, 0.717) is 5.95 Å². The van der Waals surface area contributed by atoms with Crippen LogP contribution in [0.3, 0.4) is 0 Å². The molecule has 88 valence electrons. The quantitative estimate of drug-likeness (QED) is 0.878. The third kappa shape index (κ3) is 2.20. The summed E-state index contributed by atoms with van der Waals surface area (Å²) in [5.41, 5.74) is 2.89. The molecule has 0 aliphatic heterocycles. The summed E-state index contributed by atoms with van der Waals surface area (Å²) < 4.78 is 5.35. The van der Waals surface area contributed by atoms with Crippen molar-refractivity contribution in [3.63, 3.8) is 0 Å². The molecule has 0 saturated carbocycles. The van der Waals surface area contributed by atoms with Crippen molar-refractivity contribution in [3.05, 3.63) is 36.0 Å². The number of nitrogens with zero attached hydrogens (tertiary/aromatic N) is 2. The monoisotopic (exact) mass is 229 g/mol. The highest BCUT2D eigenvalue weighted by Crippen LogP contribution is 2.30. The van der Waals surface area contributed by atoms with Crippen LogP contribution in [0.25, 0.3) is 11.3 Å². The van der Waals surface area contributed by atoms with Gasteiger partial charge in [-0.05, 0) is 24.6 Å². The third-order valence-electron chi connectivity index (χ3n) is 2.56. The number of aryl methyl sites for hydroxylation is 1. The molecule has 1 aromatic heterocycles. The number of rotatable bonds is 3. The first-order chi connectivity index (χ1) is 8.26. The first-order valence-corrected chi connectivity index (χ1v) is 5.41. The zero-order chi connectivity index (χ0) is 12.3. The van der Waals surface area contributed by atoms with Crippen molar-refractivity contribution in [3.8, 4) is 17.0 Å². The smallest absolute Gasteiger partial charge is 0.222 e. The lowest BCUT2D eigenvalue weighted by Crippen LogP contribution is -2.00. The van der Waals surface area contributed by atoms with Gasteiger partial charge in [-0.2, -0.15) is 0 Å². The first kappa shape index (κ1) is 11.4. The van der Waals surface area contributed by atoms with Crippen LogP contribution in [-0.4, -0.2) is 24.1 Å². The van der Waals surface area contributed by atoms with Crippen molar-refractivity contribution in [2.75, 3.05) is 19.5 Å². The maximum Gasteiger partial charge on any atom is 0.222 e. The van der Waals surface area contributed by atoms with E-state index in [2.05, 4.69) is 15.3 Å². The van der Waals surface area contributed by atoms with Crippen LogP contribution in [0.5, 0.6) is 5.75 Å². The lowest BCUT2D eigenvalue weighted by Gasteiger charge is -2.10. The lowest BCUT2D eigenvalue weighted by atomic mass is 10.1. The number of methoxy groups -OCH3 is 1. The number of nitrogens with one attached hydrogen (secondary N) is 1. The van der Waals surface area contributed by atoms with Gasteiger partial charge in [-0.3, -0.25) is 0 Å². The van der Waals surface area contributed by atoms with E-state index in [0.717, 1.165) is 22.6 Å². The Morgan fingerprint density at radius 3 is 2.71 bits per heavy atom. The molecule has 0 bridgehead atoms. The van der Waals surface area contributed by atoms with Gasteiger partial charge in [-0.15, -0.1) is 0 Å². The Labute approximate surface area is 101 Å². The highest BCUT2D eigenvalue weighted by molar-refractivity contribution is 5.70. The lowest BCUT2D eigenvalue weighted by molar-refractivity contribution is 0.416. The zero-order valence-electron chi connectivity index (χ0n) is 10.2. The van der Waals surface area contributed by atoms with E-state index in [4.69, 9.17) is 4.74 Å². The van der Waals surface area contributed by atoms with E-state index in [1.165, 1.54) is 0 Å². The highest BCUT2D eigenvalue weighted by Gasteiger charge is 2.10. The summed E-state index contributed by atoms with van der Waals surface area (Å²) in [5, 5.41) is 2.94. The Kier molecular flexibility index (Phi) is 3.23. The largest absolute Gasteiger partial charge is 0.496 e. The van der Waals surface area contributed by atoms with Gasteiger partial charge in [0.15, 0.2) is 0 Å². The molecule has 0 saturated heterocycles. The number of hydrogen-bond acceptors (Lipinski definition) is 4. The van der Waals surface area contributed by atoms with Crippen molar-refractivity contribution in [1.29, 1.82) is 0 Å². The van der Waals surface area contributed by atoms with E-state index in [-0.39, 0.29) is 0 Å². The van der Waals surface area contributed by atoms with Gasteiger partial charge in [-0.1, -0.05) is 12.1 Å². The fraction of sp³-hybridized carbons (Fsp3) is 0.231. The average Bonchev–Trinajstić information content (AvgIpc) is 2.39. The molecular weight excluding hydrogens is 214 g/mol. The minimum atomic E-state index is 0.608. The molecule has 1 N–H and O–H groups in total. The van der Waals surface area contributed by atoms with Crippen LogP contribution >= 0.6 is 0 Å². The Balaban J connectivity index is 2.59.